The Balaban J connectivity index is 1.81. The predicted octanol–water partition coefficient (Wildman–Crippen LogP) is 0.232. The number of rotatable bonds is 6. The summed E-state index contributed by atoms with van der Waals surface area (Å²) in [6.45, 7) is 4.98. The minimum absolute atomic E-state index is 0.140. The zero-order chi connectivity index (χ0) is 12.8. The van der Waals surface area contributed by atoms with E-state index in [0.29, 0.717) is 6.54 Å². The van der Waals surface area contributed by atoms with E-state index in [2.05, 4.69) is 9.88 Å². The molecule has 0 unspecified atom stereocenters. The topological polar surface area (TPSA) is 67.6 Å². The van der Waals surface area contributed by atoms with Gasteiger partial charge in [-0.05, 0) is 0 Å². The fourth-order valence-corrected chi connectivity index (χ4v) is 2.07. The summed E-state index contributed by atoms with van der Waals surface area (Å²) in [5.41, 5.74) is 0. The van der Waals surface area contributed by atoms with Crippen LogP contribution < -0.4 is 0 Å². The molecule has 0 aromatic carbocycles. The van der Waals surface area contributed by atoms with Crippen LogP contribution in [0.2, 0.25) is 0 Å². The van der Waals surface area contributed by atoms with Gasteiger partial charge < -0.3 is 14.4 Å². The Morgan fingerprint density at radius 1 is 1.39 bits per heavy atom. The molecule has 0 radical (unpaired) electrons. The van der Waals surface area contributed by atoms with Crippen LogP contribution in [-0.2, 0) is 22.5 Å². The molecule has 0 aliphatic carbocycles. The van der Waals surface area contributed by atoms with Crippen molar-refractivity contribution in [3.8, 4) is 0 Å². The maximum atomic E-state index is 10.6. The molecule has 0 atom stereocenters. The summed E-state index contributed by atoms with van der Waals surface area (Å²) < 4.78 is 7.22. The molecule has 0 amide bonds. The Labute approximate surface area is 106 Å². The third-order valence-electron chi connectivity index (χ3n) is 3.12. The van der Waals surface area contributed by atoms with Crippen LogP contribution in [-0.4, -0.2) is 58.4 Å². The zero-order valence-corrected chi connectivity index (χ0v) is 10.4. The molecule has 2 heterocycles. The maximum Gasteiger partial charge on any atom is 0.305 e. The molecule has 6 nitrogen and oxygen atoms in total. The van der Waals surface area contributed by atoms with Gasteiger partial charge in [0.05, 0.1) is 19.6 Å². The molecule has 0 saturated carbocycles. The smallest absolute Gasteiger partial charge is 0.305 e. The van der Waals surface area contributed by atoms with Gasteiger partial charge in [0.25, 0.3) is 0 Å². The quantitative estimate of drug-likeness (QED) is 0.786. The minimum atomic E-state index is -0.775. The van der Waals surface area contributed by atoms with Crippen LogP contribution in [0.1, 0.15) is 12.2 Å². The molecular formula is C12H19N3O3. The fourth-order valence-electron chi connectivity index (χ4n) is 2.07. The van der Waals surface area contributed by atoms with Crippen LogP contribution in [0.15, 0.2) is 12.4 Å². The van der Waals surface area contributed by atoms with Crippen molar-refractivity contribution >= 4 is 5.97 Å². The van der Waals surface area contributed by atoms with E-state index in [4.69, 9.17) is 9.84 Å². The van der Waals surface area contributed by atoms with Gasteiger partial charge in [-0.15, -0.1) is 0 Å². The Morgan fingerprint density at radius 3 is 2.89 bits per heavy atom. The number of imidazole rings is 1. The van der Waals surface area contributed by atoms with Crippen molar-refractivity contribution in [1.29, 1.82) is 0 Å². The number of carboxylic acid groups (broad SMARTS) is 1. The molecule has 1 aromatic heterocycles. The number of aliphatic carboxylic acids is 1. The molecule has 1 fully saturated rings. The highest BCUT2D eigenvalue weighted by Crippen LogP contribution is 2.04. The van der Waals surface area contributed by atoms with Crippen molar-refractivity contribution in [3.05, 3.63) is 18.2 Å². The monoisotopic (exact) mass is 253 g/mol. The fraction of sp³-hybridized carbons (Fsp3) is 0.667. The van der Waals surface area contributed by atoms with Gasteiger partial charge in [0.1, 0.15) is 5.82 Å². The van der Waals surface area contributed by atoms with Crippen LogP contribution in [0.5, 0.6) is 0 Å². The minimum Gasteiger partial charge on any atom is -0.481 e. The van der Waals surface area contributed by atoms with E-state index >= 15 is 0 Å². The summed E-state index contributed by atoms with van der Waals surface area (Å²) in [7, 11) is 0. The second kappa shape index (κ2) is 6.51. The highest BCUT2D eigenvalue weighted by Gasteiger charge is 2.11. The maximum absolute atomic E-state index is 10.6. The van der Waals surface area contributed by atoms with Gasteiger partial charge in [-0.2, -0.15) is 0 Å². The average Bonchev–Trinajstić information content (AvgIpc) is 2.82. The number of carbonyl (C=O) groups is 1. The first-order valence-corrected chi connectivity index (χ1v) is 6.27. The van der Waals surface area contributed by atoms with Gasteiger partial charge in [0.15, 0.2) is 0 Å². The summed E-state index contributed by atoms with van der Waals surface area (Å²) in [6, 6.07) is 0. The lowest BCUT2D eigenvalue weighted by molar-refractivity contribution is -0.137. The SMILES string of the molecule is O=C(O)CCn1ccnc1CCN1CCOCC1. The van der Waals surface area contributed by atoms with Gasteiger partial charge in [0.2, 0.25) is 0 Å². The number of aryl methyl sites for hydroxylation is 1. The molecular weight excluding hydrogens is 234 g/mol. The van der Waals surface area contributed by atoms with E-state index in [-0.39, 0.29) is 6.42 Å². The second-order valence-electron chi connectivity index (χ2n) is 4.38. The third-order valence-corrected chi connectivity index (χ3v) is 3.12. The van der Waals surface area contributed by atoms with Crippen molar-refractivity contribution in [3.63, 3.8) is 0 Å². The molecule has 1 aliphatic rings. The van der Waals surface area contributed by atoms with Gasteiger partial charge in [-0.25, -0.2) is 4.98 Å². The Bertz CT molecular complexity index is 386. The average molecular weight is 253 g/mol. The Kier molecular flexibility index (Phi) is 4.72. The molecule has 1 aromatic rings. The number of hydrogen-bond acceptors (Lipinski definition) is 4. The summed E-state index contributed by atoms with van der Waals surface area (Å²) in [5.74, 6) is 0.186. The highest BCUT2D eigenvalue weighted by atomic mass is 16.5. The normalized spacial score (nSPS) is 16.9. The second-order valence-corrected chi connectivity index (χ2v) is 4.38. The van der Waals surface area contributed by atoms with E-state index < -0.39 is 5.97 Å². The molecule has 100 valence electrons. The predicted molar refractivity (Wildman–Crippen MR) is 65.4 cm³/mol. The van der Waals surface area contributed by atoms with Gasteiger partial charge in [-0.1, -0.05) is 0 Å². The molecule has 0 spiro atoms. The first kappa shape index (κ1) is 13.0. The zero-order valence-electron chi connectivity index (χ0n) is 10.4. The van der Waals surface area contributed by atoms with E-state index in [1.165, 1.54) is 0 Å². The van der Waals surface area contributed by atoms with Crippen LogP contribution >= 0.6 is 0 Å². The van der Waals surface area contributed by atoms with Crippen molar-refractivity contribution in [2.24, 2.45) is 0 Å². The van der Waals surface area contributed by atoms with Crippen LogP contribution in [0.25, 0.3) is 0 Å². The summed E-state index contributed by atoms with van der Waals surface area (Å²) in [6.07, 6.45) is 4.57. The van der Waals surface area contributed by atoms with Crippen LogP contribution in [0.4, 0.5) is 0 Å². The van der Waals surface area contributed by atoms with Crippen molar-refractivity contribution in [1.82, 2.24) is 14.5 Å². The number of carboxylic acids is 1. The lowest BCUT2D eigenvalue weighted by Crippen LogP contribution is -2.37. The summed E-state index contributed by atoms with van der Waals surface area (Å²) >= 11 is 0. The van der Waals surface area contributed by atoms with Gasteiger partial charge in [-0.3, -0.25) is 9.69 Å². The van der Waals surface area contributed by atoms with Crippen LogP contribution in [0.3, 0.4) is 0 Å². The van der Waals surface area contributed by atoms with Crippen LogP contribution in [0, 0.1) is 0 Å². The number of morpholine rings is 1. The van der Waals surface area contributed by atoms with Crippen molar-refractivity contribution in [2.45, 2.75) is 19.4 Å². The number of nitrogens with zero attached hydrogens (tertiary/aromatic N) is 3. The largest absolute Gasteiger partial charge is 0.481 e. The highest BCUT2D eigenvalue weighted by molar-refractivity contribution is 5.66. The molecule has 1 aliphatic heterocycles. The first-order valence-electron chi connectivity index (χ1n) is 6.27. The molecule has 6 heteroatoms. The number of aromatic nitrogens is 2. The molecule has 18 heavy (non-hydrogen) atoms. The summed E-state index contributed by atoms with van der Waals surface area (Å²) in [4.78, 5) is 17.2. The molecule has 1 N–H and O–H groups in total. The van der Waals surface area contributed by atoms with E-state index in [9.17, 15) is 4.79 Å². The van der Waals surface area contributed by atoms with Gasteiger partial charge >= 0.3 is 5.97 Å². The standard InChI is InChI=1S/C12H19N3O3/c16-12(17)2-5-15-6-3-13-11(15)1-4-14-7-9-18-10-8-14/h3,6H,1-2,4-5,7-10H2,(H,16,17). The van der Waals surface area contributed by atoms with E-state index in [0.717, 1.165) is 45.1 Å². The Morgan fingerprint density at radius 2 is 2.17 bits per heavy atom. The van der Waals surface area contributed by atoms with E-state index in [1.807, 2.05) is 10.8 Å². The number of ether oxygens (including phenoxy) is 1. The molecule has 0 bridgehead atoms. The number of hydrogen-bond donors (Lipinski definition) is 1. The van der Waals surface area contributed by atoms with Crippen molar-refractivity contribution in [2.75, 3.05) is 32.8 Å². The Hall–Kier alpha value is -1.40. The van der Waals surface area contributed by atoms with Gasteiger partial charge in [0, 0.05) is 45.0 Å². The summed E-state index contributed by atoms with van der Waals surface area (Å²) in [5, 5.41) is 8.68. The molecule has 2 rings (SSSR count). The lowest BCUT2D eigenvalue weighted by Gasteiger charge is -2.26. The third kappa shape index (κ3) is 3.82. The lowest BCUT2D eigenvalue weighted by atomic mass is 10.3. The molecule has 1 saturated heterocycles. The first-order chi connectivity index (χ1) is 8.75. The van der Waals surface area contributed by atoms with E-state index in [1.54, 1.807) is 6.20 Å². The van der Waals surface area contributed by atoms with Crippen molar-refractivity contribution < 1.29 is 14.6 Å².